The molecule has 0 saturated heterocycles. The summed E-state index contributed by atoms with van der Waals surface area (Å²) in [6.07, 6.45) is 3.67. The number of pyridine rings is 1. The highest BCUT2D eigenvalue weighted by Gasteiger charge is 2.06. The Hall–Kier alpha value is -2.27. The zero-order valence-electron chi connectivity index (χ0n) is 16.3. The van der Waals surface area contributed by atoms with Crippen LogP contribution >= 0.6 is 11.6 Å². The molecule has 0 aliphatic heterocycles. The molecular formula is C21H29ClN4O. The molecule has 2 rings (SSSR count). The summed E-state index contributed by atoms with van der Waals surface area (Å²) in [6, 6.07) is 12.1. The highest BCUT2D eigenvalue weighted by atomic mass is 35.5. The first-order valence-corrected chi connectivity index (χ1v) is 9.76. The predicted molar refractivity (Wildman–Crippen MR) is 113 cm³/mol. The maximum atomic E-state index is 5.82. The van der Waals surface area contributed by atoms with Gasteiger partial charge in [-0.05, 0) is 55.0 Å². The molecule has 0 spiro atoms. The molecule has 0 aliphatic rings. The number of rotatable bonds is 9. The Morgan fingerprint density at radius 3 is 2.59 bits per heavy atom. The lowest BCUT2D eigenvalue weighted by atomic mass is 9.98. The fourth-order valence-corrected chi connectivity index (χ4v) is 2.80. The van der Waals surface area contributed by atoms with Gasteiger partial charge in [-0.2, -0.15) is 0 Å². The van der Waals surface area contributed by atoms with Gasteiger partial charge >= 0.3 is 0 Å². The highest BCUT2D eigenvalue weighted by Crippen LogP contribution is 2.21. The lowest BCUT2D eigenvalue weighted by molar-refractivity contribution is 0.414. The van der Waals surface area contributed by atoms with E-state index in [1.54, 1.807) is 7.11 Å². The van der Waals surface area contributed by atoms with Gasteiger partial charge in [0.2, 0.25) is 0 Å². The molecule has 6 heteroatoms. The molecule has 1 aromatic carbocycles. The van der Waals surface area contributed by atoms with Crippen molar-refractivity contribution in [1.82, 2.24) is 15.6 Å². The van der Waals surface area contributed by atoms with Gasteiger partial charge in [0.25, 0.3) is 0 Å². The third kappa shape index (κ3) is 7.47. The quantitative estimate of drug-likeness (QED) is 0.386. The lowest BCUT2D eigenvalue weighted by Crippen LogP contribution is -2.38. The van der Waals surface area contributed by atoms with Crippen molar-refractivity contribution in [3.63, 3.8) is 0 Å². The van der Waals surface area contributed by atoms with Crippen molar-refractivity contribution in [1.29, 1.82) is 0 Å². The van der Waals surface area contributed by atoms with Crippen LogP contribution < -0.4 is 15.4 Å². The second kappa shape index (κ2) is 11.4. The number of nitrogens with one attached hydrogen (secondary N) is 2. The summed E-state index contributed by atoms with van der Waals surface area (Å²) in [5, 5.41) is 7.19. The molecule has 27 heavy (non-hydrogen) atoms. The molecule has 0 radical (unpaired) electrons. The van der Waals surface area contributed by atoms with E-state index < -0.39 is 0 Å². The Morgan fingerprint density at radius 1 is 1.19 bits per heavy atom. The lowest BCUT2D eigenvalue weighted by Gasteiger charge is -2.13. The van der Waals surface area contributed by atoms with E-state index in [-0.39, 0.29) is 0 Å². The molecule has 2 N–H and O–H groups in total. The van der Waals surface area contributed by atoms with E-state index in [9.17, 15) is 0 Å². The first-order valence-electron chi connectivity index (χ1n) is 9.39. The van der Waals surface area contributed by atoms with Crippen LogP contribution in [0.15, 0.2) is 47.6 Å². The summed E-state index contributed by atoms with van der Waals surface area (Å²) < 4.78 is 5.21. The smallest absolute Gasteiger partial charge is 0.191 e. The Kier molecular flexibility index (Phi) is 8.92. The van der Waals surface area contributed by atoms with Crippen molar-refractivity contribution in [2.24, 2.45) is 4.99 Å². The number of benzene rings is 1. The average molecular weight is 389 g/mol. The summed E-state index contributed by atoms with van der Waals surface area (Å²) in [4.78, 5) is 8.80. The second-order valence-electron chi connectivity index (χ2n) is 6.39. The second-order valence-corrected chi connectivity index (χ2v) is 6.78. The van der Waals surface area contributed by atoms with Gasteiger partial charge < -0.3 is 15.4 Å². The van der Waals surface area contributed by atoms with Crippen molar-refractivity contribution < 1.29 is 4.74 Å². The van der Waals surface area contributed by atoms with E-state index in [0.717, 1.165) is 49.7 Å². The van der Waals surface area contributed by atoms with Crippen LogP contribution in [-0.2, 0) is 6.42 Å². The molecular weight excluding hydrogens is 360 g/mol. The molecule has 1 atom stereocenters. The molecule has 1 unspecified atom stereocenters. The number of aromatic nitrogens is 1. The minimum absolute atomic E-state index is 0.447. The first kappa shape index (κ1) is 21.0. The van der Waals surface area contributed by atoms with Crippen LogP contribution in [0.1, 0.15) is 37.3 Å². The molecule has 2 aromatic rings. The first-order chi connectivity index (χ1) is 13.1. The highest BCUT2D eigenvalue weighted by molar-refractivity contribution is 6.29. The fourth-order valence-electron chi connectivity index (χ4n) is 2.69. The maximum Gasteiger partial charge on any atom is 0.191 e. The number of halogens is 1. The minimum Gasteiger partial charge on any atom is -0.497 e. The van der Waals surface area contributed by atoms with Gasteiger partial charge in [0.15, 0.2) is 5.96 Å². The molecule has 146 valence electrons. The Morgan fingerprint density at radius 2 is 1.96 bits per heavy atom. The van der Waals surface area contributed by atoms with Crippen LogP contribution in [0.25, 0.3) is 0 Å². The van der Waals surface area contributed by atoms with Crippen LogP contribution in [0, 0.1) is 0 Å². The molecule has 0 saturated carbocycles. The van der Waals surface area contributed by atoms with Crippen molar-refractivity contribution in [3.8, 4) is 5.75 Å². The Bertz CT molecular complexity index is 701. The number of hydrogen-bond acceptors (Lipinski definition) is 3. The van der Waals surface area contributed by atoms with Crippen LogP contribution in [-0.4, -0.2) is 37.7 Å². The number of aliphatic imine (C=N–C) groups is 1. The zero-order chi connectivity index (χ0) is 19.5. The molecule has 1 heterocycles. The van der Waals surface area contributed by atoms with Gasteiger partial charge in [0.05, 0.1) is 7.11 Å². The molecule has 0 fully saturated rings. The number of ether oxygens (including phenoxy) is 1. The molecule has 0 aliphatic carbocycles. The molecule has 0 amide bonds. The summed E-state index contributed by atoms with van der Waals surface area (Å²) in [5.74, 6) is 2.18. The Balaban J connectivity index is 1.80. The summed E-state index contributed by atoms with van der Waals surface area (Å²) >= 11 is 5.82. The van der Waals surface area contributed by atoms with E-state index in [4.69, 9.17) is 21.3 Å². The third-order valence-electron chi connectivity index (χ3n) is 4.36. The zero-order valence-corrected chi connectivity index (χ0v) is 17.1. The summed E-state index contributed by atoms with van der Waals surface area (Å²) in [6.45, 7) is 6.70. The van der Waals surface area contributed by atoms with E-state index in [1.165, 1.54) is 5.56 Å². The van der Waals surface area contributed by atoms with Crippen LogP contribution in [0.3, 0.4) is 0 Å². The van der Waals surface area contributed by atoms with Crippen molar-refractivity contribution in [2.45, 2.75) is 32.6 Å². The monoisotopic (exact) mass is 388 g/mol. The predicted octanol–water partition coefficient (Wildman–Crippen LogP) is 4.04. The number of nitrogens with zero attached hydrogens (tertiary/aromatic N) is 2. The summed E-state index contributed by atoms with van der Waals surface area (Å²) in [7, 11) is 1.69. The molecule has 0 bridgehead atoms. The average Bonchev–Trinajstić information content (AvgIpc) is 2.69. The molecule has 1 aromatic heterocycles. The van der Waals surface area contributed by atoms with Crippen molar-refractivity contribution in [2.75, 3.05) is 26.7 Å². The minimum atomic E-state index is 0.447. The van der Waals surface area contributed by atoms with Crippen molar-refractivity contribution in [3.05, 3.63) is 58.9 Å². The van der Waals surface area contributed by atoms with E-state index in [1.807, 2.05) is 30.5 Å². The normalized spacial score (nSPS) is 12.5. The van der Waals surface area contributed by atoms with E-state index in [2.05, 4.69) is 41.6 Å². The topological polar surface area (TPSA) is 58.5 Å². The number of guanidine groups is 1. The van der Waals surface area contributed by atoms with E-state index >= 15 is 0 Å². The van der Waals surface area contributed by atoms with Gasteiger partial charge in [-0.1, -0.05) is 36.7 Å². The summed E-state index contributed by atoms with van der Waals surface area (Å²) in [5.41, 5.74) is 2.45. The number of methoxy groups -OCH3 is 1. The third-order valence-corrected chi connectivity index (χ3v) is 4.58. The van der Waals surface area contributed by atoms with Gasteiger partial charge in [0.1, 0.15) is 10.9 Å². The molecule has 5 nitrogen and oxygen atoms in total. The SMILES string of the molecule is CCNC(=NCCC(C)c1ccc(OC)cc1)NCCc1ccc(Cl)nc1. The maximum absolute atomic E-state index is 5.82. The number of hydrogen-bond donors (Lipinski definition) is 2. The largest absolute Gasteiger partial charge is 0.497 e. The standard InChI is InChI=1S/C21H29ClN4O/c1-4-23-21(25-14-12-17-5-10-20(22)26-15-17)24-13-11-16(2)18-6-8-19(27-3)9-7-18/h5-10,15-16H,4,11-14H2,1-3H3,(H2,23,24,25). The van der Waals surface area contributed by atoms with Gasteiger partial charge in [-0.15, -0.1) is 0 Å². The van der Waals surface area contributed by atoms with Crippen LogP contribution in [0.2, 0.25) is 5.15 Å². The Labute approximate surface area is 167 Å². The van der Waals surface area contributed by atoms with Crippen LogP contribution in [0.4, 0.5) is 0 Å². The van der Waals surface area contributed by atoms with Crippen molar-refractivity contribution >= 4 is 17.6 Å². The van der Waals surface area contributed by atoms with Gasteiger partial charge in [0, 0.05) is 25.8 Å². The van der Waals surface area contributed by atoms with E-state index in [0.29, 0.717) is 11.1 Å². The van der Waals surface area contributed by atoms with Gasteiger partial charge in [-0.3, -0.25) is 4.99 Å². The van der Waals surface area contributed by atoms with Gasteiger partial charge in [-0.25, -0.2) is 4.98 Å². The fraction of sp³-hybridized carbons (Fsp3) is 0.429. The van der Waals surface area contributed by atoms with Crippen LogP contribution in [0.5, 0.6) is 5.75 Å².